The lowest BCUT2D eigenvalue weighted by Gasteiger charge is -2.34. The molecule has 2 aliphatic rings. The van der Waals surface area contributed by atoms with Crippen molar-refractivity contribution in [1.82, 2.24) is 10.0 Å². The second-order valence-corrected chi connectivity index (χ2v) is 7.78. The minimum absolute atomic E-state index is 0.101. The number of nitrogens with one attached hydrogen (secondary N) is 2. The van der Waals surface area contributed by atoms with E-state index in [0.717, 1.165) is 25.9 Å². The first-order valence-electron chi connectivity index (χ1n) is 6.79. The summed E-state index contributed by atoms with van der Waals surface area (Å²) < 4.78 is 32.4. The van der Waals surface area contributed by atoms with Crippen LogP contribution in [0.15, 0.2) is 0 Å². The summed E-state index contributed by atoms with van der Waals surface area (Å²) in [5.74, 6) is 0. The van der Waals surface area contributed by atoms with Crippen LogP contribution >= 0.6 is 0 Å². The van der Waals surface area contributed by atoms with Gasteiger partial charge in [-0.25, -0.2) is 13.1 Å². The summed E-state index contributed by atoms with van der Waals surface area (Å²) >= 11 is 0. The van der Waals surface area contributed by atoms with Crippen molar-refractivity contribution < 1.29 is 13.2 Å². The molecule has 0 spiro atoms. The maximum absolute atomic E-state index is 12.2. The van der Waals surface area contributed by atoms with Crippen molar-refractivity contribution in [2.24, 2.45) is 5.41 Å². The lowest BCUT2D eigenvalue weighted by Crippen LogP contribution is -2.46. The molecule has 0 aliphatic carbocycles. The predicted octanol–water partition coefficient (Wildman–Crippen LogP) is 0.475. The van der Waals surface area contributed by atoms with Gasteiger partial charge in [0.25, 0.3) is 0 Å². The van der Waals surface area contributed by atoms with Crippen LogP contribution in [0.5, 0.6) is 0 Å². The summed E-state index contributed by atoms with van der Waals surface area (Å²) in [6.45, 7) is 5.82. The number of piperidine rings is 1. The maximum Gasteiger partial charge on any atom is 0.214 e. The quantitative estimate of drug-likeness (QED) is 0.783. The fourth-order valence-corrected chi connectivity index (χ4v) is 4.18. The van der Waals surface area contributed by atoms with Crippen molar-refractivity contribution in [3.63, 3.8) is 0 Å². The van der Waals surface area contributed by atoms with Crippen molar-refractivity contribution in [2.75, 3.05) is 32.8 Å². The Labute approximate surface area is 110 Å². The van der Waals surface area contributed by atoms with Gasteiger partial charge in [-0.15, -0.1) is 0 Å². The summed E-state index contributed by atoms with van der Waals surface area (Å²) in [5, 5.41) is 3.04. The van der Waals surface area contributed by atoms with Crippen molar-refractivity contribution in [3.8, 4) is 0 Å². The number of rotatable bonds is 4. The monoisotopic (exact) mass is 276 g/mol. The predicted molar refractivity (Wildman–Crippen MR) is 71.0 cm³/mol. The van der Waals surface area contributed by atoms with Gasteiger partial charge in [-0.2, -0.15) is 0 Å². The van der Waals surface area contributed by atoms with E-state index in [1.54, 1.807) is 0 Å². The minimum Gasteiger partial charge on any atom is -0.381 e. The Morgan fingerprint density at radius 1 is 1.28 bits per heavy atom. The SMILES string of the molecule is CC1(CNS(=O)(=O)C2CCOCC2)CCNCC1. The van der Waals surface area contributed by atoms with Gasteiger partial charge in [-0.05, 0) is 44.2 Å². The molecule has 2 N–H and O–H groups in total. The first kappa shape index (κ1) is 14.2. The number of sulfonamides is 1. The Hall–Kier alpha value is -0.170. The van der Waals surface area contributed by atoms with Crippen LogP contribution in [0.4, 0.5) is 0 Å². The molecule has 0 saturated carbocycles. The molecule has 2 rings (SSSR count). The summed E-state index contributed by atoms with van der Waals surface area (Å²) in [4.78, 5) is 0. The molecule has 0 radical (unpaired) electrons. The fraction of sp³-hybridized carbons (Fsp3) is 1.00. The van der Waals surface area contributed by atoms with Crippen LogP contribution in [0.3, 0.4) is 0 Å². The smallest absolute Gasteiger partial charge is 0.214 e. The van der Waals surface area contributed by atoms with E-state index in [1.165, 1.54) is 0 Å². The molecule has 2 fully saturated rings. The highest BCUT2D eigenvalue weighted by molar-refractivity contribution is 7.90. The average Bonchev–Trinajstić information content (AvgIpc) is 2.39. The van der Waals surface area contributed by atoms with Crippen molar-refractivity contribution in [1.29, 1.82) is 0 Å². The number of ether oxygens (including phenoxy) is 1. The number of hydrogen-bond acceptors (Lipinski definition) is 4. The second kappa shape index (κ2) is 5.86. The van der Waals surface area contributed by atoms with Crippen molar-refractivity contribution >= 4 is 10.0 Å². The molecule has 106 valence electrons. The van der Waals surface area contributed by atoms with Crippen LogP contribution in [-0.2, 0) is 14.8 Å². The highest BCUT2D eigenvalue weighted by Gasteiger charge is 2.32. The van der Waals surface area contributed by atoms with E-state index in [9.17, 15) is 8.42 Å². The van der Waals surface area contributed by atoms with E-state index in [-0.39, 0.29) is 10.7 Å². The van der Waals surface area contributed by atoms with E-state index in [4.69, 9.17) is 4.74 Å². The lowest BCUT2D eigenvalue weighted by atomic mass is 9.81. The highest BCUT2D eigenvalue weighted by Crippen LogP contribution is 2.27. The van der Waals surface area contributed by atoms with E-state index >= 15 is 0 Å². The van der Waals surface area contributed by atoms with Crippen molar-refractivity contribution in [2.45, 2.75) is 37.9 Å². The van der Waals surface area contributed by atoms with Crippen LogP contribution in [0, 0.1) is 5.41 Å². The third-order valence-corrected chi connectivity index (χ3v) is 6.01. The second-order valence-electron chi connectivity index (χ2n) is 5.74. The zero-order chi connectivity index (χ0) is 13.1. The third-order valence-electron chi connectivity index (χ3n) is 4.12. The molecule has 5 nitrogen and oxygen atoms in total. The Morgan fingerprint density at radius 3 is 2.50 bits per heavy atom. The average molecular weight is 276 g/mol. The molecule has 0 unspecified atom stereocenters. The van der Waals surface area contributed by atoms with Gasteiger partial charge in [0.05, 0.1) is 5.25 Å². The Bertz CT molecular complexity index is 358. The highest BCUT2D eigenvalue weighted by atomic mass is 32.2. The first-order valence-corrected chi connectivity index (χ1v) is 8.33. The zero-order valence-electron chi connectivity index (χ0n) is 11.1. The van der Waals surface area contributed by atoms with E-state index in [1.807, 2.05) is 0 Å². The summed E-state index contributed by atoms with van der Waals surface area (Å²) in [7, 11) is -3.17. The van der Waals surface area contributed by atoms with Gasteiger partial charge in [0.1, 0.15) is 0 Å². The molecular weight excluding hydrogens is 252 g/mol. The van der Waals surface area contributed by atoms with Crippen LogP contribution in [0.1, 0.15) is 32.6 Å². The molecule has 2 saturated heterocycles. The van der Waals surface area contributed by atoms with Gasteiger partial charge in [0.15, 0.2) is 0 Å². The molecule has 6 heteroatoms. The fourth-order valence-electron chi connectivity index (χ4n) is 2.59. The zero-order valence-corrected chi connectivity index (χ0v) is 11.9. The maximum atomic E-state index is 12.2. The topological polar surface area (TPSA) is 67.4 Å². The van der Waals surface area contributed by atoms with Crippen LogP contribution in [-0.4, -0.2) is 46.5 Å². The number of hydrogen-bond donors (Lipinski definition) is 2. The lowest BCUT2D eigenvalue weighted by molar-refractivity contribution is 0.0980. The van der Waals surface area contributed by atoms with Gasteiger partial charge in [0, 0.05) is 19.8 Å². The molecule has 2 heterocycles. The molecular formula is C12H24N2O3S. The Balaban J connectivity index is 1.87. The summed E-state index contributed by atoms with van der Waals surface area (Å²) in [5.41, 5.74) is 0.101. The Morgan fingerprint density at radius 2 is 1.89 bits per heavy atom. The molecule has 0 aromatic rings. The van der Waals surface area contributed by atoms with E-state index < -0.39 is 10.0 Å². The van der Waals surface area contributed by atoms with Crippen molar-refractivity contribution in [3.05, 3.63) is 0 Å². The molecule has 0 aromatic carbocycles. The van der Waals surface area contributed by atoms with E-state index in [2.05, 4.69) is 17.0 Å². The van der Waals surface area contributed by atoms with Crippen LogP contribution in [0.2, 0.25) is 0 Å². The molecule has 0 amide bonds. The molecule has 0 bridgehead atoms. The van der Waals surface area contributed by atoms with Crippen LogP contribution in [0.25, 0.3) is 0 Å². The largest absolute Gasteiger partial charge is 0.381 e. The van der Waals surface area contributed by atoms with Gasteiger partial charge in [-0.1, -0.05) is 6.92 Å². The summed E-state index contributed by atoms with van der Waals surface area (Å²) in [6, 6.07) is 0. The molecule has 2 aliphatic heterocycles. The first-order chi connectivity index (χ1) is 8.52. The Kier molecular flexibility index (Phi) is 4.64. The standard InChI is InChI=1S/C12H24N2O3S/c1-12(4-6-13-7-5-12)10-14-18(15,16)11-2-8-17-9-3-11/h11,13-14H,2-10H2,1H3. The summed E-state index contributed by atoms with van der Waals surface area (Å²) in [6.07, 6.45) is 3.30. The van der Waals surface area contributed by atoms with Gasteiger partial charge < -0.3 is 10.1 Å². The van der Waals surface area contributed by atoms with Gasteiger partial charge in [0.2, 0.25) is 10.0 Å². The van der Waals surface area contributed by atoms with E-state index in [0.29, 0.717) is 32.6 Å². The van der Waals surface area contributed by atoms with Crippen LogP contribution < -0.4 is 10.0 Å². The van der Waals surface area contributed by atoms with Gasteiger partial charge in [-0.3, -0.25) is 0 Å². The third kappa shape index (κ3) is 3.66. The molecule has 18 heavy (non-hydrogen) atoms. The minimum atomic E-state index is -3.17. The molecule has 0 atom stereocenters. The normalized spacial score (nSPS) is 26.1. The van der Waals surface area contributed by atoms with Gasteiger partial charge >= 0.3 is 0 Å². The molecule has 0 aromatic heterocycles.